The molecule has 0 aliphatic rings. The first kappa shape index (κ1) is 8.84. The number of hydrogen-bond acceptors (Lipinski definition) is 2. The third-order valence-electron chi connectivity index (χ3n) is 1.65. The molecule has 0 aliphatic carbocycles. The van der Waals surface area contributed by atoms with Crippen LogP contribution in [0, 0.1) is 5.82 Å². The van der Waals surface area contributed by atoms with Crippen molar-refractivity contribution in [2.24, 2.45) is 0 Å². The van der Waals surface area contributed by atoms with Crippen LogP contribution in [-0.4, -0.2) is 21.2 Å². The third-order valence-corrected chi connectivity index (χ3v) is 1.65. The van der Waals surface area contributed by atoms with Crippen LogP contribution in [0.4, 0.5) is 10.1 Å². The molecule has 0 saturated heterocycles. The van der Waals surface area contributed by atoms with Crippen LogP contribution < -0.4 is 9.64 Å². The van der Waals surface area contributed by atoms with E-state index in [9.17, 15) is 4.39 Å². The summed E-state index contributed by atoms with van der Waals surface area (Å²) in [5.74, 6) is -0.0516. The minimum atomic E-state index is -0.330. The molecule has 0 atom stereocenters. The predicted molar refractivity (Wildman–Crippen MR) is 47.3 cm³/mol. The second kappa shape index (κ2) is 3.43. The van der Waals surface area contributed by atoms with Crippen LogP contribution in [0.25, 0.3) is 0 Å². The minimum Gasteiger partial charge on any atom is -0.494 e. The summed E-state index contributed by atoms with van der Waals surface area (Å²) in [7, 11) is 5.18. The lowest BCUT2D eigenvalue weighted by molar-refractivity contribution is 0.386. The summed E-state index contributed by atoms with van der Waals surface area (Å²) in [5.41, 5.74) is 0.827. The number of benzene rings is 1. The first-order valence-corrected chi connectivity index (χ1v) is 3.66. The highest BCUT2D eigenvalue weighted by molar-refractivity contribution is 5.48. The van der Waals surface area contributed by atoms with Gasteiger partial charge in [0.05, 0.1) is 7.11 Å². The Morgan fingerprint density at radius 1 is 1.33 bits per heavy atom. The second-order valence-electron chi connectivity index (χ2n) is 2.71. The number of anilines is 1. The smallest absolute Gasteiger partial charge is 0.167 e. The Labute approximate surface area is 71.6 Å². The molecule has 0 radical (unpaired) electrons. The van der Waals surface area contributed by atoms with Crippen molar-refractivity contribution in [3.05, 3.63) is 24.0 Å². The Morgan fingerprint density at radius 2 is 2.00 bits per heavy atom. The van der Waals surface area contributed by atoms with Crippen LogP contribution in [0.5, 0.6) is 5.75 Å². The van der Waals surface area contributed by atoms with Gasteiger partial charge in [-0.3, -0.25) is 0 Å². The average Bonchev–Trinajstić information content (AvgIpc) is 2.04. The van der Waals surface area contributed by atoms with E-state index >= 15 is 0 Å². The van der Waals surface area contributed by atoms with Crippen LogP contribution in [0.1, 0.15) is 0 Å². The van der Waals surface area contributed by atoms with E-state index in [0.717, 1.165) is 5.69 Å². The van der Waals surface area contributed by atoms with Gasteiger partial charge in [0.2, 0.25) is 0 Å². The van der Waals surface area contributed by atoms with Crippen LogP contribution >= 0.6 is 0 Å². The normalized spacial score (nSPS) is 9.67. The van der Waals surface area contributed by atoms with Crippen molar-refractivity contribution in [1.29, 1.82) is 0 Å². The monoisotopic (exact) mass is 169 g/mol. The molecule has 0 N–H and O–H groups in total. The molecule has 0 aromatic heterocycles. The van der Waals surface area contributed by atoms with Gasteiger partial charge in [0.15, 0.2) is 11.6 Å². The molecule has 2 nitrogen and oxygen atoms in total. The molecular weight excluding hydrogens is 157 g/mol. The molecule has 0 spiro atoms. The van der Waals surface area contributed by atoms with Crippen molar-refractivity contribution >= 4 is 5.69 Å². The Bertz CT molecular complexity index is 273. The van der Waals surface area contributed by atoms with Gasteiger partial charge in [0.1, 0.15) is 0 Å². The van der Waals surface area contributed by atoms with E-state index in [1.54, 1.807) is 6.07 Å². The van der Waals surface area contributed by atoms with Gasteiger partial charge in [-0.2, -0.15) is 0 Å². The molecule has 0 saturated carbocycles. The maximum absolute atomic E-state index is 13.1. The molecular formula is C9H12FNO. The van der Waals surface area contributed by atoms with Gasteiger partial charge >= 0.3 is 0 Å². The quantitative estimate of drug-likeness (QED) is 0.670. The van der Waals surface area contributed by atoms with Crippen LogP contribution in [0.3, 0.4) is 0 Å². The van der Waals surface area contributed by atoms with Crippen molar-refractivity contribution in [1.82, 2.24) is 0 Å². The standard InChI is InChI=1S/C9H12FNO/c1-11(2)7-4-5-9(12-3)8(10)6-7/h4-6H,1-3H3. The second-order valence-corrected chi connectivity index (χ2v) is 2.71. The molecule has 0 aliphatic heterocycles. The molecule has 1 aromatic carbocycles. The van der Waals surface area contributed by atoms with Gasteiger partial charge in [-0.1, -0.05) is 0 Å². The Kier molecular flexibility index (Phi) is 2.53. The molecule has 0 heterocycles. The van der Waals surface area contributed by atoms with Crippen molar-refractivity contribution in [2.75, 3.05) is 26.1 Å². The number of nitrogens with zero attached hydrogens (tertiary/aromatic N) is 1. The molecule has 3 heteroatoms. The SMILES string of the molecule is COc1ccc(N(C)C)cc1F. The van der Waals surface area contributed by atoms with Gasteiger partial charge in [0.25, 0.3) is 0 Å². The maximum Gasteiger partial charge on any atom is 0.167 e. The zero-order chi connectivity index (χ0) is 9.14. The molecule has 1 aromatic rings. The molecule has 0 bridgehead atoms. The molecule has 0 amide bonds. The average molecular weight is 169 g/mol. The fraction of sp³-hybridized carbons (Fsp3) is 0.333. The highest BCUT2D eigenvalue weighted by Gasteiger charge is 2.03. The van der Waals surface area contributed by atoms with Gasteiger partial charge in [-0.05, 0) is 12.1 Å². The summed E-state index contributed by atoms with van der Waals surface area (Å²) in [6, 6.07) is 4.87. The molecule has 66 valence electrons. The zero-order valence-corrected chi connectivity index (χ0v) is 7.47. The lowest BCUT2D eigenvalue weighted by atomic mass is 10.3. The van der Waals surface area contributed by atoms with Crippen molar-refractivity contribution in [3.63, 3.8) is 0 Å². The van der Waals surface area contributed by atoms with E-state index in [4.69, 9.17) is 4.74 Å². The zero-order valence-electron chi connectivity index (χ0n) is 7.47. The largest absolute Gasteiger partial charge is 0.494 e. The minimum absolute atomic E-state index is 0.278. The number of halogens is 1. The van der Waals surface area contributed by atoms with E-state index in [2.05, 4.69) is 0 Å². The first-order valence-electron chi connectivity index (χ1n) is 3.66. The highest BCUT2D eigenvalue weighted by Crippen LogP contribution is 2.21. The van der Waals surface area contributed by atoms with Crippen LogP contribution in [-0.2, 0) is 0 Å². The Hall–Kier alpha value is -1.25. The topological polar surface area (TPSA) is 12.5 Å². The van der Waals surface area contributed by atoms with E-state index in [-0.39, 0.29) is 11.6 Å². The van der Waals surface area contributed by atoms with Gasteiger partial charge in [-0.25, -0.2) is 4.39 Å². The summed E-state index contributed by atoms with van der Waals surface area (Å²) >= 11 is 0. The summed E-state index contributed by atoms with van der Waals surface area (Å²) in [5, 5.41) is 0. The maximum atomic E-state index is 13.1. The first-order chi connectivity index (χ1) is 5.65. The summed E-state index contributed by atoms with van der Waals surface area (Å²) in [4.78, 5) is 1.84. The number of ether oxygens (including phenoxy) is 1. The lowest BCUT2D eigenvalue weighted by Gasteiger charge is -2.12. The fourth-order valence-electron chi connectivity index (χ4n) is 0.933. The third kappa shape index (κ3) is 1.67. The van der Waals surface area contributed by atoms with E-state index < -0.39 is 0 Å². The molecule has 12 heavy (non-hydrogen) atoms. The number of rotatable bonds is 2. The van der Waals surface area contributed by atoms with Crippen LogP contribution in [0.2, 0.25) is 0 Å². The van der Waals surface area contributed by atoms with Crippen molar-refractivity contribution in [3.8, 4) is 5.75 Å². The Morgan fingerprint density at radius 3 is 2.42 bits per heavy atom. The predicted octanol–water partition coefficient (Wildman–Crippen LogP) is 1.90. The summed E-state index contributed by atoms with van der Waals surface area (Å²) in [6.45, 7) is 0. The van der Waals surface area contributed by atoms with Gasteiger partial charge in [0, 0.05) is 25.8 Å². The fourth-order valence-corrected chi connectivity index (χ4v) is 0.933. The van der Waals surface area contributed by atoms with Crippen LogP contribution in [0.15, 0.2) is 18.2 Å². The highest BCUT2D eigenvalue weighted by atomic mass is 19.1. The number of methoxy groups -OCH3 is 1. The number of hydrogen-bond donors (Lipinski definition) is 0. The Balaban J connectivity index is 3.02. The molecule has 0 fully saturated rings. The van der Waals surface area contributed by atoms with E-state index in [1.165, 1.54) is 13.2 Å². The van der Waals surface area contributed by atoms with Crippen molar-refractivity contribution in [2.45, 2.75) is 0 Å². The van der Waals surface area contributed by atoms with Crippen molar-refractivity contribution < 1.29 is 9.13 Å². The van der Waals surface area contributed by atoms with E-state index in [0.29, 0.717) is 0 Å². The van der Waals surface area contributed by atoms with E-state index in [1.807, 2.05) is 25.1 Å². The van der Waals surface area contributed by atoms with Gasteiger partial charge in [-0.15, -0.1) is 0 Å². The summed E-state index contributed by atoms with van der Waals surface area (Å²) in [6.07, 6.45) is 0. The van der Waals surface area contributed by atoms with Gasteiger partial charge < -0.3 is 9.64 Å². The molecule has 0 unspecified atom stereocenters. The lowest BCUT2D eigenvalue weighted by Crippen LogP contribution is -2.08. The molecule has 1 rings (SSSR count). The summed E-state index contributed by atoms with van der Waals surface area (Å²) < 4.78 is 17.8.